The standard InChI is InChI=1S/C15H20N2O/c18-11-15-16-13-8-4-5-9-14(13)17(15)10-12-6-2-1-3-7-12/h4-5,8-9,12,18H,1-3,6-7,10-11H2. The zero-order chi connectivity index (χ0) is 12.4. The molecule has 0 atom stereocenters. The van der Waals surface area contributed by atoms with Crippen LogP contribution in [0.1, 0.15) is 37.9 Å². The Labute approximate surface area is 107 Å². The minimum atomic E-state index is 0.0292. The van der Waals surface area contributed by atoms with Gasteiger partial charge in [0.15, 0.2) is 0 Å². The van der Waals surface area contributed by atoms with Crippen molar-refractivity contribution in [2.75, 3.05) is 0 Å². The Morgan fingerprint density at radius 2 is 1.94 bits per heavy atom. The first-order chi connectivity index (χ1) is 8.88. The molecule has 1 N–H and O–H groups in total. The van der Waals surface area contributed by atoms with E-state index in [0.29, 0.717) is 0 Å². The number of benzene rings is 1. The summed E-state index contributed by atoms with van der Waals surface area (Å²) in [7, 11) is 0. The molecule has 96 valence electrons. The first-order valence-electron chi connectivity index (χ1n) is 6.93. The summed E-state index contributed by atoms with van der Waals surface area (Å²) in [5.74, 6) is 1.56. The zero-order valence-electron chi connectivity index (χ0n) is 10.7. The number of para-hydroxylation sites is 2. The number of nitrogens with zero attached hydrogens (tertiary/aromatic N) is 2. The maximum atomic E-state index is 9.47. The zero-order valence-corrected chi connectivity index (χ0v) is 10.7. The summed E-state index contributed by atoms with van der Waals surface area (Å²) in [4.78, 5) is 4.51. The summed E-state index contributed by atoms with van der Waals surface area (Å²) in [6.07, 6.45) is 6.72. The second kappa shape index (κ2) is 5.11. The fraction of sp³-hybridized carbons (Fsp3) is 0.533. The van der Waals surface area contributed by atoms with Crippen molar-refractivity contribution in [2.45, 2.75) is 45.3 Å². The molecule has 1 fully saturated rings. The van der Waals surface area contributed by atoms with Crippen molar-refractivity contribution in [1.82, 2.24) is 9.55 Å². The van der Waals surface area contributed by atoms with Gasteiger partial charge in [-0.25, -0.2) is 4.98 Å². The molecule has 1 aromatic heterocycles. The Bertz CT molecular complexity index is 526. The maximum Gasteiger partial charge on any atom is 0.135 e. The Morgan fingerprint density at radius 3 is 2.72 bits per heavy atom. The van der Waals surface area contributed by atoms with Crippen molar-refractivity contribution in [1.29, 1.82) is 0 Å². The predicted molar refractivity (Wildman–Crippen MR) is 72.2 cm³/mol. The molecule has 0 radical (unpaired) electrons. The van der Waals surface area contributed by atoms with Gasteiger partial charge in [-0.05, 0) is 30.9 Å². The molecule has 0 spiro atoms. The van der Waals surface area contributed by atoms with Crippen molar-refractivity contribution in [3.63, 3.8) is 0 Å². The molecular formula is C15H20N2O. The van der Waals surface area contributed by atoms with Gasteiger partial charge in [0.2, 0.25) is 0 Å². The van der Waals surface area contributed by atoms with Gasteiger partial charge in [-0.2, -0.15) is 0 Å². The van der Waals surface area contributed by atoms with Gasteiger partial charge in [0.25, 0.3) is 0 Å². The molecule has 2 aromatic rings. The summed E-state index contributed by atoms with van der Waals surface area (Å²) >= 11 is 0. The van der Waals surface area contributed by atoms with Crippen molar-refractivity contribution < 1.29 is 5.11 Å². The van der Waals surface area contributed by atoms with E-state index in [0.717, 1.165) is 29.3 Å². The van der Waals surface area contributed by atoms with Crippen LogP contribution in [-0.2, 0) is 13.2 Å². The molecule has 3 rings (SSSR count). The minimum absolute atomic E-state index is 0.0292. The van der Waals surface area contributed by atoms with Crippen LogP contribution in [0, 0.1) is 5.92 Å². The lowest BCUT2D eigenvalue weighted by Gasteiger charge is -2.23. The SMILES string of the molecule is OCc1nc2ccccc2n1CC1CCCCC1. The smallest absolute Gasteiger partial charge is 0.135 e. The lowest BCUT2D eigenvalue weighted by atomic mass is 9.89. The van der Waals surface area contributed by atoms with Crippen LogP contribution in [0.2, 0.25) is 0 Å². The fourth-order valence-corrected chi connectivity index (χ4v) is 3.08. The maximum absolute atomic E-state index is 9.47. The highest BCUT2D eigenvalue weighted by Gasteiger charge is 2.17. The van der Waals surface area contributed by atoms with E-state index < -0.39 is 0 Å². The molecule has 0 unspecified atom stereocenters. The molecule has 1 aliphatic rings. The molecule has 0 bridgehead atoms. The number of aromatic nitrogens is 2. The van der Waals surface area contributed by atoms with Crippen LogP contribution < -0.4 is 0 Å². The lowest BCUT2D eigenvalue weighted by Crippen LogP contribution is -2.16. The van der Waals surface area contributed by atoms with E-state index in [2.05, 4.69) is 15.6 Å². The number of aliphatic hydroxyl groups excluding tert-OH is 1. The first kappa shape index (κ1) is 11.7. The topological polar surface area (TPSA) is 38.1 Å². The molecular weight excluding hydrogens is 224 g/mol. The van der Waals surface area contributed by atoms with Crippen LogP contribution in [0.3, 0.4) is 0 Å². The monoisotopic (exact) mass is 244 g/mol. The fourth-order valence-electron chi connectivity index (χ4n) is 3.08. The second-order valence-corrected chi connectivity index (χ2v) is 5.29. The molecule has 1 aromatic carbocycles. The lowest BCUT2D eigenvalue weighted by molar-refractivity contribution is 0.255. The predicted octanol–water partition coefficient (Wildman–Crippen LogP) is 3.11. The van der Waals surface area contributed by atoms with Crippen LogP contribution in [0.15, 0.2) is 24.3 Å². The molecule has 0 amide bonds. The number of aliphatic hydroxyl groups is 1. The third kappa shape index (κ3) is 2.15. The Balaban J connectivity index is 1.93. The molecule has 3 heteroatoms. The van der Waals surface area contributed by atoms with Gasteiger partial charge >= 0.3 is 0 Å². The average molecular weight is 244 g/mol. The van der Waals surface area contributed by atoms with Gasteiger partial charge in [0.05, 0.1) is 11.0 Å². The largest absolute Gasteiger partial charge is 0.388 e. The van der Waals surface area contributed by atoms with Gasteiger partial charge in [0, 0.05) is 6.54 Å². The van der Waals surface area contributed by atoms with Gasteiger partial charge in [-0.3, -0.25) is 0 Å². The third-order valence-corrected chi connectivity index (χ3v) is 4.04. The van der Waals surface area contributed by atoms with Crippen molar-refractivity contribution in [3.05, 3.63) is 30.1 Å². The summed E-state index contributed by atoms with van der Waals surface area (Å²) < 4.78 is 2.21. The molecule has 18 heavy (non-hydrogen) atoms. The van der Waals surface area contributed by atoms with Crippen LogP contribution in [-0.4, -0.2) is 14.7 Å². The Kier molecular flexibility index (Phi) is 3.33. The number of fused-ring (bicyclic) bond motifs is 1. The Hall–Kier alpha value is -1.35. The third-order valence-electron chi connectivity index (χ3n) is 4.04. The van der Waals surface area contributed by atoms with E-state index in [-0.39, 0.29) is 6.61 Å². The number of imidazole rings is 1. The van der Waals surface area contributed by atoms with Crippen molar-refractivity contribution >= 4 is 11.0 Å². The normalized spacial score (nSPS) is 17.4. The second-order valence-electron chi connectivity index (χ2n) is 5.29. The summed E-state index contributed by atoms with van der Waals surface area (Å²) in [5.41, 5.74) is 2.16. The van der Waals surface area contributed by atoms with Crippen molar-refractivity contribution in [3.8, 4) is 0 Å². The summed E-state index contributed by atoms with van der Waals surface area (Å²) in [6, 6.07) is 8.17. The highest BCUT2D eigenvalue weighted by atomic mass is 16.3. The van der Waals surface area contributed by atoms with E-state index in [4.69, 9.17) is 0 Å². The van der Waals surface area contributed by atoms with Gasteiger partial charge in [-0.15, -0.1) is 0 Å². The number of hydrogen-bond acceptors (Lipinski definition) is 2. The van der Waals surface area contributed by atoms with Gasteiger partial charge in [-0.1, -0.05) is 31.4 Å². The van der Waals surface area contributed by atoms with E-state index >= 15 is 0 Å². The van der Waals surface area contributed by atoms with Crippen LogP contribution in [0.4, 0.5) is 0 Å². The molecule has 1 saturated carbocycles. The summed E-state index contributed by atoms with van der Waals surface area (Å²) in [5, 5.41) is 9.47. The van der Waals surface area contributed by atoms with Gasteiger partial charge < -0.3 is 9.67 Å². The molecule has 1 heterocycles. The quantitative estimate of drug-likeness (QED) is 0.901. The first-order valence-corrected chi connectivity index (χ1v) is 6.93. The number of hydrogen-bond donors (Lipinski definition) is 1. The van der Waals surface area contributed by atoms with Crippen LogP contribution >= 0.6 is 0 Å². The Morgan fingerprint density at radius 1 is 1.17 bits per heavy atom. The highest BCUT2D eigenvalue weighted by molar-refractivity contribution is 5.75. The molecule has 3 nitrogen and oxygen atoms in total. The van der Waals surface area contributed by atoms with E-state index in [9.17, 15) is 5.11 Å². The van der Waals surface area contributed by atoms with Crippen LogP contribution in [0.25, 0.3) is 11.0 Å². The van der Waals surface area contributed by atoms with E-state index in [1.54, 1.807) is 0 Å². The molecule has 0 saturated heterocycles. The number of rotatable bonds is 3. The van der Waals surface area contributed by atoms with E-state index in [1.165, 1.54) is 32.1 Å². The summed E-state index contributed by atoms with van der Waals surface area (Å²) in [6.45, 7) is 1.04. The van der Waals surface area contributed by atoms with Gasteiger partial charge in [0.1, 0.15) is 12.4 Å². The van der Waals surface area contributed by atoms with Crippen LogP contribution in [0.5, 0.6) is 0 Å². The molecule has 1 aliphatic carbocycles. The average Bonchev–Trinajstić information content (AvgIpc) is 2.78. The van der Waals surface area contributed by atoms with E-state index in [1.807, 2.05) is 18.2 Å². The van der Waals surface area contributed by atoms with Crippen molar-refractivity contribution in [2.24, 2.45) is 5.92 Å². The minimum Gasteiger partial charge on any atom is -0.388 e. The highest BCUT2D eigenvalue weighted by Crippen LogP contribution is 2.27. The molecule has 0 aliphatic heterocycles.